The van der Waals surface area contributed by atoms with Gasteiger partial charge in [-0.25, -0.2) is 0 Å². The molecule has 1 unspecified atom stereocenters. The Morgan fingerprint density at radius 3 is 2.58 bits per heavy atom. The van der Waals surface area contributed by atoms with Crippen LogP contribution in [0.15, 0.2) is 4.99 Å². The fourth-order valence-electron chi connectivity index (χ4n) is 3.02. The first-order chi connectivity index (χ1) is 11.5. The molecule has 1 aliphatic heterocycles. The molecular weight excluding hydrogens is 298 g/mol. The Balaban J connectivity index is 2.28. The van der Waals surface area contributed by atoms with Gasteiger partial charge in [0, 0.05) is 32.2 Å². The van der Waals surface area contributed by atoms with Crippen LogP contribution >= 0.6 is 0 Å². The second-order valence-electron chi connectivity index (χ2n) is 7.63. The Morgan fingerprint density at radius 2 is 1.88 bits per heavy atom. The molecule has 0 bridgehead atoms. The Morgan fingerprint density at radius 1 is 1.08 bits per heavy atom. The van der Waals surface area contributed by atoms with Gasteiger partial charge >= 0.3 is 0 Å². The van der Waals surface area contributed by atoms with Crippen molar-refractivity contribution in [1.29, 1.82) is 0 Å². The van der Waals surface area contributed by atoms with Crippen molar-refractivity contribution >= 4 is 5.96 Å². The van der Waals surface area contributed by atoms with Gasteiger partial charge in [0.1, 0.15) is 0 Å². The molecule has 5 heteroatoms. The van der Waals surface area contributed by atoms with Crippen molar-refractivity contribution in [3.63, 3.8) is 0 Å². The zero-order valence-corrected chi connectivity index (χ0v) is 16.8. The predicted molar refractivity (Wildman–Crippen MR) is 106 cm³/mol. The van der Waals surface area contributed by atoms with Crippen molar-refractivity contribution in [2.75, 3.05) is 52.9 Å². The summed E-state index contributed by atoms with van der Waals surface area (Å²) in [6, 6.07) is 0.478. The van der Waals surface area contributed by atoms with Crippen molar-refractivity contribution in [1.82, 2.24) is 20.4 Å². The van der Waals surface area contributed by atoms with Gasteiger partial charge in [0.25, 0.3) is 0 Å². The average molecular weight is 340 g/mol. The van der Waals surface area contributed by atoms with Crippen molar-refractivity contribution in [3.8, 4) is 0 Å². The van der Waals surface area contributed by atoms with Gasteiger partial charge in [0.15, 0.2) is 5.96 Å². The fraction of sp³-hybridized carbons (Fsp3) is 0.947. The highest BCUT2D eigenvalue weighted by atomic mass is 15.2. The summed E-state index contributed by atoms with van der Waals surface area (Å²) in [5.74, 6) is 1.74. The van der Waals surface area contributed by atoms with Crippen LogP contribution in [-0.2, 0) is 0 Å². The summed E-state index contributed by atoms with van der Waals surface area (Å²) in [5, 5.41) is 6.92. The number of hydrogen-bond acceptors (Lipinski definition) is 3. The quantitative estimate of drug-likeness (QED) is 0.385. The molecule has 1 rings (SSSR count). The molecule has 0 amide bonds. The number of nitrogens with zero attached hydrogens (tertiary/aromatic N) is 3. The van der Waals surface area contributed by atoms with Gasteiger partial charge in [0.05, 0.1) is 0 Å². The minimum absolute atomic E-state index is 0.478. The molecule has 1 fully saturated rings. The SMILES string of the molecule is CCNC(=NCCCN1CCCN(C)CC1)NC(C)CCC(C)C. The second kappa shape index (κ2) is 12.5. The molecule has 0 radical (unpaired) electrons. The molecule has 1 saturated heterocycles. The molecule has 0 aliphatic carbocycles. The smallest absolute Gasteiger partial charge is 0.191 e. The monoisotopic (exact) mass is 339 g/mol. The van der Waals surface area contributed by atoms with Crippen LogP contribution in [0.5, 0.6) is 0 Å². The molecule has 1 heterocycles. The molecule has 0 saturated carbocycles. The van der Waals surface area contributed by atoms with Gasteiger partial charge in [0.2, 0.25) is 0 Å². The number of guanidine groups is 1. The minimum atomic E-state index is 0.478. The highest BCUT2D eigenvalue weighted by molar-refractivity contribution is 5.80. The fourth-order valence-corrected chi connectivity index (χ4v) is 3.02. The average Bonchev–Trinajstić information content (AvgIpc) is 2.74. The first-order valence-corrected chi connectivity index (χ1v) is 9.97. The van der Waals surface area contributed by atoms with Crippen LogP contribution in [0.3, 0.4) is 0 Å². The zero-order chi connectivity index (χ0) is 17.8. The summed E-state index contributed by atoms with van der Waals surface area (Å²) < 4.78 is 0. The minimum Gasteiger partial charge on any atom is -0.357 e. The van der Waals surface area contributed by atoms with Crippen LogP contribution in [-0.4, -0.2) is 74.7 Å². The lowest BCUT2D eigenvalue weighted by Gasteiger charge is -2.20. The maximum absolute atomic E-state index is 4.76. The van der Waals surface area contributed by atoms with E-state index in [0.29, 0.717) is 6.04 Å². The van der Waals surface area contributed by atoms with Gasteiger partial charge in [-0.15, -0.1) is 0 Å². The normalized spacial score (nSPS) is 19.3. The van der Waals surface area contributed by atoms with Crippen LogP contribution in [0.1, 0.15) is 53.4 Å². The molecule has 0 aromatic rings. The number of likely N-dealkylation sites (N-methyl/N-ethyl adjacent to an activating group) is 1. The highest BCUT2D eigenvalue weighted by Gasteiger charge is 2.11. The lowest BCUT2D eigenvalue weighted by molar-refractivity contribution is 0.275. The van der Waals surface area contributed by atoms with E-state index in [1.54, 1.807) is 0 Å². The summed E-state index contributed by atoms with van der Waals surface area (Å²) >= 11 is 0. The van der Waals surface area contributed by atoms with E-state index in [1.807, 2.05) is 0 Å². The molecule has 5 nitrogen and oxygen atoms in total. The highest BCUT2D eigenvalue weighted by Crippen LogP contribution is 2.06. The third kappa shape index (κ3) is 10.1. The number of rotatable bonds is 9. The Labute approximate surface area is 150 Å². The van der Waals surface area contributed by atoms with E-state index in [0.717, 1.165) is 31.4 Å². The van der Waals surface area contributed by atoms with E-state index >= 15 is 0 Å². The van der Waals surface area contributed by atoms with Crippen molar-refractivity contribution in [3.05, 3.63) is 0 Å². The number of aliphatic imine (C=N–C) groups is 1. The Kier molecular flexibility index (Phi) is 11.1. The topological polar surface area (TPSA) is 42.9 Å². The molecule has 0 aromatic carbocycles. The van der Waals surface area contributed by atoms with Crippen LogP contribution < -0.4 is 10.6 Å². The first kappa shape index (κ1) is 21.2. The molecule has 24 heavy (non-hydrogen) atoms. The summed E-state index contributed by atoms with van der Waals surface area (Å²) in [4.78, 5) is 9.78. The Bertz CT molecular complexity index is 343. The lowest BCUT2D eigenvalue weighted by atomic mass is 10.0. The van der Waals surface area contributed by atoms with E-state index < -0.39 is 0 Å². The van der Waals surface area contributed by atoms with Crippen molar-refractivity contribution in [2.24, 2.45) is 10.9 Å². The largest absolute Gasteiger partial charge is 0.357 e. The van der Waals surface area contributed by atoms with E-state index in [1.165, 1.54) is 52.0 Å². The van der Waals surface area contributed by atoms with Crippen LogP contribution in [0, 0.1) is 5.92 Å². The maximum Gasteiger partial charge on any atom is 0.191 e. The maximum atomic E-state index is 4.76. The predicted octanol–water partition coefficient (Wildman–Crippen LogP) is 2.39. The summed E-state index contributed by atoms with van der Waals surface area (Å²) in [5.41, 5.74) is 0. The summed E-state index contributed by atoms with van der Waals surface area (Å²) in [6.45, 7) is 16.8. The summed E-state index contributed by atoms with van der Waals surface area (Å²) in [6.07, 6.45) is 4.89. The van der Waals surface area contributed by atoms with E-state index in [9.17, 15) is 0 Å². The van der Waals surface area contributed by atoms with Gasteiger partial charge in [-0.2, -0.15) is 0 Å². The third-order valence-electron chi connectivity index (χ3n) is 4.62. The molecule has 0 aromatic heterocycles. The van der Waals surface area contributed by atoms with Crippen molar-refractivity contribution in [2.45, 2.75) is 59.4 Å². The van der Waals surface area contributed by atoms with Gasteiger partial charge in [-0.3, -0.25) is 4.99 Å². The lowest BCUT2D eigenvalue weighted by Crippen LogP contribution is -2.42. The molecular formula is C19H41N5. The van der Waals surface area contributed by atoms with Crippen LogP contribution in [0.4, 0.5) is 0 Å². The number of hydrogen-bond donors (Lipinski definition) is 2. The molecule has 1 atom stereocenters. The van der Waals surface area contributed by atoms with E-state index in [-0.39, 0.29) is 0 Å². The van der Waals surface area contributed by atoms with Gasteiger partial charge in [-0.05, 0) is 72.1 Å². The first-order valence-electron chi connectivity index (χ1n) is 9.97. The third-order valence-corrected chi connectivity index (χ3v) is 4.62. The van der Waals surface area contributed by atoms with Gasteiger partial charge < -0.3 is 20.4 Å². The molecule has 0 spiro atoms. The molecule has 142 valence electrons. The van der Waals surface area contributed by atoms with Crippen LogP contribution in [0.2, 0.25) is 0 Å². The van der Waals surface area contributed by atoms with E-state index in [2.05, 4.69) is 55.2 Å². The molecule has 1 aliphatic rings. The molecule has 2 N–H and O–H groups in total. The van der Waals surface area contributed by atoms with Crippen molar-refractivity contribution < 1.29 is 0 Å². The summed E-state index contributed by atoms with van der Waals surface area (Å²) in [7, 11) is 2.22. The van der Waals surface area contributed by atoms with Crippen LogP contribution in [0.25, 0.3) is 0 Å². The standard InChI is InChI=1S/C19H41N5/c1-6-20-19(22-18(4)10-9-17(2)3)21-11-7-13-24-14-8-12-23(5)15-16-24/h17-18H,6-16H2,1-5H3,(H2,20,21,22). The van der Waals surface area contributed by atoms with E-state index in [4.69, 9.17) is 4.99 Å². The van der Waals surface area contributed by atoms with Gasteiger partial charge in [-0.1, -0.05) is 13.8 Å². The zero-order valence-electron chi connectivity index (χ0n) is 16.8. The number of nitrogens with one attached hydrogen (secondary N) is 2. The Hall–Kier alpha value is -0.810. The second-order valence-corrected chi connectivity index (χ2v) is 7.63.